The molecule has 0 aliphatic heterocycles. The molecule has 0 saturated heterocycles. The lowest BCUT2D eigenvalue weighted by molar-refractivity contribution is -0.156. The van der Waals surface area contributed by atoms with E-state index in [9.17, 15) is 9.59 Å². The molecule has 0 bridgehead atoms. The molecule has 6 heteroatoms. The summed E-state index contributed by atoms with van der Waals surface area (Å²) in [7, 11) is 0. The molecule has 0 rings (SSSR count). The van der Waals surface area contributed by atoms with Gasteiger partial charge in [-0.15, -0.1) is 0 Å². The number of nitrogens with two attached hydrogens (primary N) is 1. The van der Waals surface area contributed by atoms with Gasteiger partial charge in [0.05, 0.1) is 22.2 Å². The highest BCUT2D eigenvalue weighted by Crippen LogP contribution is 2.35. The third-order valence-electron chi connectivity index (χ3n) is 4.87. The summed E-state index contributed by atoms with van der Waals surface area (Å²) >= 11 is 0. The van der Waals surface area contributed by atoms with Crippen LogP contribution in [0.4, 0.5) is 0 Å². The molecule has 0 fully saturated rings. The molecule has 0 radical (unpaired) electrons. The summed E-state index contributed by atoms with van der Waals surface area (Å²) in [6.07, 6.45) is 1.40. The van der Waals surface area contributed by atoms with Crippen molar-refractivity contribution in [1.82, 2.24) is 5.32 Å². The lowest BCUT2D eigenvalue weighted by Crippen LogP contribution is -2.35. The van der Waals surface area contributed by atoms with Crippen molar-refractivity contribution in [1.29, 1.82) is 0 Å². The predicted molar refractivity (Wildman–Crippen MR) is 132 cm³/mol. The molecule has 0 atom stereocenters. The van der Waals surface area contributed by atoms with Crippen LogP contribution >= 0.6 is 0 Å². The average molecular weight is 455 g/mol. The lowest BCUT2D eigenvalue weighted by atomic mass is 9.76. The monoisotopic (exact) mass is 454 g/mol. The lowest BCUT2D eigenvalue weighted by Gasteiger charge is -2.31. The Hall–Kier alpha value is -1.72. The molecule has 0 aliphatic carbocycles. The molecule has 188 valence electrons. The molecule has 0 aliphatic rings. The average Bonchev–Trinajstić information content (AvgIpc) is 2.54. The van der Waals surface area contributed by atoms with Crippen molar-refractivity contribution in [3.05, 3.63) is 11.4 Å². The fourth-order valence-corrected chi connectivity index (χ4v) is 4.14. The summed E-state index contributed by atoms with van der Waals surface area (Å²) in [4.78, 5) is 25.4. The number of rotatable bonds is 11. The van der Waals surface area contributed by atoms with E-state index in [0.717, 1.165) is 0 Å². The van der Waals surface area contributed by atoms with Crippen LogP contribution in [0.15, 0.2) is 11.4 Å². The van der Waals surface area contributed by atoms with E-state index >= 15 is 0 Å². The molecule has 0 saturated carbocycles. The fourth-order valence-electron chi connectivity index (χ4n) is 4.14. The molecule has 0 amide bonds. The Morgan fingerprint density at radius 2 is 1.12 bits per heavy atom. The van der Waals surface area contributed by atoms with Gasteiger partial charge in [0.2, 0.25) is 0 Å². The Labute approximate surface area is 197 Å². The van der Waals surface area contributed by atoms with Gasteiger partial charge in [0.15, 0.2) is 0 Å². The molecule has 0 aromatic rings. The maximum Gasteiger partial charge on any atom is 0.311 e. The number of hydrogen-bond donors (Lipinski definition) is 2. The van der Waals surface area contributed by atoms with Crippen LogP contribution in [0.1, 0.15) is 95.9 Å². The van der Waals surface area contributed by atoms with Gasteiger partial charge in [0.25, 0.3) is 0 Å². The summed E-state index contributed by atoms with van der Waals surface area (Å²) in [5, 5.41) is 3.26. The van der Waals surface area contributed by atoms with E-state index in [-0.39, 0.29) is 36.0 Å². The van der Waals surface area contributed by atoms with Crippen molar-refractivity contribution in [2.24, 2.45) is 33.3 Å². The van der Waals surface area contributed by atoms with Gasteiger partial charge >= 0.3 is 11.9 Å². The van der Waals surface area contributed by atoms with Crippen molar-refractivity contribution >= 4 is 11.9 Å². The zero-order valence-corrected chi connectivity index (χ0v) is 22.8. The second-order valence-corrected chi connectivity index (χ2v) is 13.2. The number of esters is 2. The predicted octanol–water partition coefficient (Wildman–Crippen LogP) is 5.41. The van der Waals surface area contributed by atoms with E-state index in [2.05, 4.69) is 60.7 Å². The van der Waals surface area contributed by atoms with E-state index in [1.807, 2.05) is 27.7 Å². The Balaban J connectivity index is 5.30. The molecule has 0 spiro atoms. The van der Waals surface area contributed by atoms with Crippen LogP contribution < -0.4 is 11.1 Å². The van der Waals surface area contributed by atoms with Gasteiger partial charge in [-0.2, -0.15) is 0 Å². The molecular formula is C26H50N2O4. The Kier molecular flexibility index (Phi) is 10.8. The van der Waals surface area contributed by atoms with Crippen LogP contribution in [-0.4, -0.2) is 31.7 Å². The molecule has 32 heavy (non-hydrogen) atoms. The first kappa shape index (κ1) is 30.3. The summed E-state index contributed by atoms with van der Waals surface area (Å²) in [5.74, 6) is -0.187. The van der Waals surface area contributed by atoms with Crippen molar-refractivity contribution in [2.45, 2.75) is 95.9 Å². The molecule has 6 nitrogen and oxygen atoms in total. The molecule has 0 aromatic heterocycles. The molecular weight excluding hydrogens is 404 g/mol. The zero-order valence-electron chi connectivity index (χ0n) is 22.8. The van der Waals surface area contributed by atoms with Gasteiger partial charge in [-0.1, -0.05) is 55.4 Å². The van der Waals surface area contributed by atoms with E-state index in [1.54, 1.807) is 0 Å². The highest BCUT2D eigenvalue weighted by Gasteiger charge is 2.35. The second-order valence-electron chi connectivity index (χ2n) is 13.2. The normalized spacial score (nSPS) is 14.2. The van der Waals surface area contributed by atoms with Crippen LogP contribution in [0.5, 0.6) is 0 Å². The van der Waals surface area contributed by atoms with Crippen LogP contribution in [0.3, 0.4) is 0 Å². The highest BCUT2D eigenvalue weighted by molar-refractivity contribution is 5.76. The summed E-state index contributed by atoms with van der Waals surface area (Å²) in [6.45, 7) is 25.0. The number of carbonyl (C=O) groups excluding carboxylic acids is 2. The van der Waals surface area contributed by atoms with Gasteiger partial charge in [0.1, 0.15) is 13.2 Å². The molecule has 3 N–H and O–H groups in total. The van der Waals surface area contributed by atoms with Crippen LogP contribution in [0.25, 0.3) is 0 Å². The first-order valence-corrected chi connectivity index (χ1v) is 11.7. The van der Waals surface area contributed by atoms with Gasteiger partial charge in [-0.05, 0) is 57.3 Å². The zero-order chi connectivity index (χ0) is 25.5. The summed E-state index contributed by atoms with van der Waals surface area (Å²) in [5.41, 5.74) is 6.00. The van der Waals surface area contributed by atoms with E-state index in [0.29, 0.717) is 36.7 Å². The number of carbonyl (C=O) groups is 2. The van der Waals surface area contributed by atoms with Gasteiger partial charge in [-0.25, -0.2) is 0 Å². The Morgan fingerprint density at radius 1 is 0.750 bits per heavy atom. The highest BCUT2D eigenvalue weighted by atomic mass is 16.5. The minimum Gasteiger partial charge on any atom is -0.459 e. The van der Waals surface area contributed by atoms with Gasteiger partial charge < -0.3 is 20.5 Å². The Bertz CT molecular complexity index is 662. The van der Waals surface area contributed by atoms with Gasteiger partial charge in [0, 0.05) is 6.54 Å². The third-order valence-corrected chi connectivity index (χ3v) is 4.87. The van der Waals surface area contributed by atoms with Crippen molar-refractivity contribution in [2.75, 3.05) is 19.8 Å². The summed E-state index contributed by atoms with van der Waals surface area (Å²) in [6, 6.07) is 0. The Morgan fingerprint density at radius 3 is 1.47 bits per heavy atom. The number of nitrogens with one attached hydrogen (secondary N) is 1. The van der Waals surface area contributed by atoms with E-state index < -0.39 is 10.8 Å². The van der Waals surface area contributed by atoms with Crippen molar-refractivity contribution in [3.63, 3.8) is 0 Å². The second kappa shape index (κ2) is 11.4. The fraction of sp³-hybridized carbons (Fsp3) is 0.846. The quantitative estimate of drug-likeness (QED) is 0.405. The van der Waals surface area contributed by atoms with Crippen LogP contribution in [0.2, 0.25) is 0 Å². The van der Waals surface area contributed by atoms with E-state index in [4.69, 9.17) is 15.2 Å². The molecule has 0 unspecified atom stereocenters. The van der Waals surface area contributed by atoms with Crippen molar-refractivity contribution < 1.29 is 19.1 Å². The SMILES string of the molecule is CC(C)CN/C(COC(=O)C(C)(C)CC(C)(C)C)=C(\N)COC(=O)C(C)(C)CC(C)(C)C. The molecule has 0 aromatic carbocycles. The maximum atomic E-state index is 12.7. The van der Waals surface area contributed by atoms with Gasteiger partial charge in [-0.3, -0.25) is 9.59 Å². The minimum absolute atomic E-state index is 0.00193. The maximum absolute atomic E-state index is 12.7. The van der Waals surface area contributed by atoms with E-state index in [1.165, 1.54) is 0 Å². The first-order chi connectivity index (χ1) is 14.2. The summed E-state index contributed by atoms with van der Waals surface area (Å²) < 4.78 is 11.2. The van der Waals surface area contributed by atoms with Crippen molar-refractivity contribution in [3.8, 4) is 0 Å². The minimum atomic E-state index is -0.618. The number of hydrogen-bond acceptors (Lipinski definition) is 6. The largest absolute Gasteiger partial charge is 0.459 e. The molecule has 0 heterocycles. The topological polar surface area (TPSA) is 90.7 Å². The standard InChI is InChI=1S/C26H50N2O4/c1-18(2)13-28-20(15-32-22(30)26(11,12)17-24(6,7)8)19(27)14-31-21(29)25(9,10)16-23(3,4)5/h18,28H,13-17,27H2,1-12H3/b20-19-. The first-order valence-electron chi connectivity index (χ1n) is 11.7. The number of ether oxygens (including phenoxy) is 2. The van der Waals surface area contributed by atoms with Crippen LogP contribution in [-0.2, 0) is 19.1 Å². The van der Waals surface area contributed by atoms with Crippen LogP contribution in [0, 0.1) is 27.6 Å². The smallest absolute Gasteiger partial charge is 0.311 e. The third kappa shape index (κ3) is 12.4.